The standard InChI is InChI=1S/C14H24O4/c1-2-3-4-5-6-7-8-12(11-14(17)18)9-10-13(15)16/h7-8,12H,2-6,9-11H2,1H3,(H,15,16)(H,17,18). The zero-order valence-corrected chi connectivity index (χ0v) is 11.1. The summed E-state index contributed by atoms with van der Waals surface area (Å²) in [5.41, 5.74) is 0. The predicted octanol–water partition coefficient (Wildman–Crippen LogP) is 3.47. The normalized spacial score (nSPS) is 12.7. The van der Waals surface area contributed by atoms with Crippen molar-refractivity contribution < 1.29 is 19.8 Å². The van der Waals surface area contributed by atoms with E-state index in [1.807, 2.05) is 12.2 Å². The Labute approximate surface area is 109 Å². The lowest BCUT2D eigenvalue weighted by Gasteiger charge is -2.08. The van der Waals surface area contributed by atoms with Gasteiger partial charge in [0, 0.05) is 6.42 Å². The number of rotatable bonds is 11. The zero-order chi connectivity index (χ0) is 13.8. The van der Waals surface area contributed by atoms with Crippen LogP contribution in [0.1, 0.15) is 58.3 Å². The van der Waals surface area contributed by atoms with Crippen LogP contribution in [0, 0.1) is 5.92 Å². The highest BCUT2D eigenvalue weighted by atomic mass is 16.4. The summed E-state index contributed by atoms with van der Waals surface area (Å²) in [4.78, 5) is 21.1. The van der Waals surface area contributed by atoms with E-state index in [0.717, 1.165) is 12.8 Å². The van der Waals surface area contributed by atoms with Gasteiger partial charge in [-0.1, -0.05) is 38.3 Å². The van der Waals surface area contributed by atoms with Crippen LogP contribution in [-0.4, -0.2) is 22.2 Å². The first-order valence-corrected chi connectivity index (χ1v) is 6.66. The second-order valence-corrected chi connectivity index (χ2v) is 4.57. The van der Waals surface area contributed by atoms with Gasteiger partial charge in [-0.05, 0) is 25.2 Å². The van der Waals surface area contributed by atoms with Crippen molar-refractivity contribution in [3.63, 3.8) is 0 Å². The van der Waals surface area contributed by atoms with Gasteiger partial charge in [0.15, 0.2) is 0 Å². The van der Waals surface area contributed by atoms with Crippen molar-refractivity contribution in [2.24, 2.45) is 5.92 Å². The summed E-state index contributed by atoms with van der Waals surface area (Å²) >= 11 is 0. The van der Waals surface area contributed by atoms with E-state index in [4.69, 9.17) is 10.2 Å². The first-order valence-electron chi connectivity index (χ1n) is 6.66. The largest absolute Gasteiger partial charge is 0.481 e. The summed E-state index contributed by atoms with van der Waals surface area (Å²) in [7, 11) is 0. The lowest BCUT2D eigenvalue weighted by molar-refractivity contribution is -0.140. The zero-order valence-electron chi connectivity index (χ0n) is 11.1. The molecule has 104 valence electrons. The molecule has 0 spiro atoms. The maximum Gasteiger partial charge on any atom is 0.303 e. The van der Waals surface area contributed by atoms with Crippen molar-refractivity contribution in [2.75, 3.05) is 0 Å². The number of aliphatic carboxylic acids is 2. The predicted molar refractivity (Wildman–Crippen MR) is 70.5 cm³/mol. The van der Waals surface area contributed by atoms with Crippen LogP contribution in [0.15, 0.2) is 12.2 Å². The summed E-state index contributed by atoms with van der Waals surface area (Å²) in [6.45, 7) is 2.16. The van der Waals surface area contributed by atoms with E-state index in [1.165, 1.54) is 19.3 Å². The number of allylic oxidation sites excluding steroid dienone is 2. The first-order chi connectivity index (χ1) is 8.56. The molecule has 0 aromatic carbocycles. The summed E-state index contributed by atoms with van der Waals surface area (Å²) in [5.74, 6) is -1.91. The third-order valence-electron chi connectivity index (χ3n) is 2.80. The molecule has 18 heavy (non-hydrogen) atoms. The average Bonchev–Trinajstić information content (AvgIpc) is 2.29. The van der Waals surface area contributed by atoms with E-state index < -0.39 is 11.9 Å². The Hall–Kier alpha value is -1.32. The van der Waals surface area contributed by atoms with Gasteiger partial charge < -0.3 is 10.2 Å². The Morgan fingerprint density at radius 1 is 1.11 bits per heavy atom. The summed E-state index contributed by atoms with van der Waals surface area (Å²) < 4.78 is 0. The van der Waals surface area contributed by atoms with Crippen LogP contribution >= 0.6 is 0 Å². The molecule has 0 rings (SSSR count). The topological polar surface area (TPSA) is 74.6 Å². The number of hydrogen-bond donors (Lipinski definition) is 2. The van der Waals surface area contributed by atoms with E-state index in [9.17, 15) is 9.59 Å². The van der Waals surface area contributed by atoms with Crippen LogP contribution < -0.4 is 0 Å². The lowest BCUT2D eigenvalue weighted by Crippen LogP contribution is -2.08. The average molecular weight is 256 g/mol. The molecule has 0 heterocycles. The number of hydrogen-bond acceptors (Lipinski definition) is 2. The quantitative estimate of drug-likeness (QED) is 0.438. The number of carboxylic acid groups (broad SMARTS) is 2. The smallest absolute Gasteiger partial charge is 0.303 e. The molecule has 0 saturated heterocycles. The van der Waals surface area contributed by atoms with Gasteiger partial charge in [-0.3, -0.25) is 9.59 Å². The summed E-state index contributed by atoms with van der Waals surface area (Å²) in [6, 6.07) is 0. The highest BCUT2D eigenvalue weighted by Crippen LogP contribution is 2.14. The van der Waals surface area contributed by atoms with Crippen LogP contribution in [0.4, 0.5) is 0 Å². The molecule has 0 fully saturated rings. The minimum Gasteiger partial charge on any atom is -0.481 e. The monoisotopic (exact) mass is 256 g/mol. The maximum absolute atomic E-state index is 10.6. The molecule has 1 atom stereocenters. The molecule has 4 nitrogen and oxygen atoms in total. The molecule has 4 heteroatoms. The fourth-order valence-corrected chi connectivity index (χ4v) is 1.78. The fourth-order valence-electron chi connectivity index (χ4n) is 1.78. The Morgan fingerprint density at radius 3 is 2.39 bits per heavy atom. The van der Waals surface area contributed by atoms with Crippen LogP contribution in [-0.2, 0) is 9.59 Å². The maximum atomic E-state index is 10.6. The number of carbonyl (C=O) groups is 2. The first kappa shape index (κ1) is 16.7. The van der Waals surface area contributed by atoms with Crippen LogP contribution in [0.25, 0.3) is 0 Å². The van der Waals surface area contributed by atoms with Crippen molar-refractivity contribution in [3.8, 4) is 0 Å². The molecule has 0 aromatic rings. The molecule has 0 radical (unpaired) electrons. The minimum atomic E-state index is -0.874. The molecule has 1 unspecified atom stereocenters. The van der Waals surface area contributed by atoms with Crippen molar-refractivity contribution >= 4 is 11.9 Å². The second-order valence-electron chi connectivity index (χ2n) is 4.57. The van der Waals surface area contributed by atoms with Crippen molar-refractivity contribution in [1.82, 2.24) is 0 Å². The van der Waals surface area contributed by atoms with Crippen molar-refractivity contribution in [3.05, 3.63) is 12.2 Å². The molecule has 0 aliphatic rings. The van der Waals surface area contributed by atoms with Gasteiger partial charge >= 0.3 is 11.9 Å². The van der Waals surface area contributed by atoms with Gasteiger partial charge in [-0.15, -0.1) is 0 Å². The molecule has 0 aliphatic carbocycles. The SMILES string of the molecule is CCCCCCC=CC(CCC(=O)O)CC(=O)O. The van der Waals surface area contributed by atoms with Gasteiger partial charge in [-0.25, -0.2) is 0 Å². The summed E-state index contributed by atoms with van der Waals surface area (Å²) in [5, 5.41) is 17.3. The molecule has 2 N–H and O–H groups in total. The molecule has 0 amide bonds. The van der Waals surface area contributed by atoms with E-state index >= 15 is 0 Å². The van der Waals surface area contributed by atoms with E-state index in [0.29, 0.717) is 6.42 Å². The van der Waals surface area contributed by atoms with Gasteiger partial charge in [0.25, 0.3) is 0 Å². The second kappa shape index (κ2) is 10.8. The van der Waals surface area contributed by atoms with Crippen molar-refractivity contribution in [1.29, 1.82) is 0 Å². The number of unbranched alkanes of at least 4 members (excludes halogenated alkanes) is 4. The third-order valence-corrected chi connectivity index (χ3v) is 2.80. The van der Waals surface area contributed by atoms with Gasteiger partial charge in [0.2, 0.25) is 0 Å². The Balaban J connectivity index is 3.93. The van der Waals surface area contributed by atoms with E-state index in [1.54, 1.807) is 0 Å². The Kier molecular flexibility index (Phi) is 10.0. The third kappa shape index (κ3) is 11.2. The highest BCUT2D eigenvalue weighted by molar-refractivity contribution is 5.68. The highest BCUT2D eigenvalue weighted by Gasteiger charge is 2.11. The van der Waals surface area contributed by atoms with Gasteiger partial charge in [0.05, 0.1) is 6.42 Å². The minimum absolute atomic E-state index is 0.0126. The molecule has 0 bridgehead atoms. The fraction of sp³-hybridized carbons (Fsp3) is 0.714. The molecular weight excluding hydrogens is 232 g/mol. The Bertz CT molecular complexity index is 271. The van der Waals surface area contributed by atoms with Crippen LogP contribution in [0.3, 0.4) is 0 Å². The van der Waals surface area contributed by atoms with Crippen molar-refractivity contribution in [2.45, 2.75) is 58.3 Å². The van der Waals surface area contributed by atoms with E-state index in [2.05, 4.69) is 6.92 Å². The van der Waals surface area contributed by atoms with Crippen LogP contribution in [0.2, 0.25) is 0 Å². The van der Waals surface area contributed by atoms with E-state index in [-0.39, 0.29) is 18.8 Å². The molecule has 0 aromatic heterocycles. The molecular formula is C14H24O4. The summed E-state index contributed by atoms with van der Waals surface area (Å²) in [6.07, 6.45) is 9.97. The van der Waals surface area contributed by atoms with Crippen LogP contribution in [0.5, 0.6) is 0 Å². The van der Waals surface area contributed by atoms with Gasteiger partial charge in [0.1, 0.15) is 0 Å². The molecule has 0 saturated carbocycles. The van der Waals surface area contributed by atoms with Gasteiger partial charge in [-0.2, -0.15) is 0 Å². The Morgan fingerprint density at radius 2 is 1.83 bits per heavy atom. The number of carboxylic acids is 2. The molecule has 0 aliphatic heterocycles. The lowest BCUT2D eigenvalue weighted by atomic mass is 9.98.